The Hall–Kier alpha value is -1.10. The van der Waals surface area contributed by atoms with Crippen LogP contribution in [0.5, 0.6) is 0 Å². The van der Waals surface area contributed by atoms with Crippen molar-refractivity contribution in [1.29, 1.82) is 0 Å². The number of hydrogen-bond donors (Lipinski definition) is 2. The normalized spacial score (nSPS) is 22.1. The molecule has 17 heavy (non-hydrogen) atoms. The molecule has 2 N–H and O–H groups in total. The molecule has 0 aromatic heterocycles. The first-order chi connectivity index (χ1) is 7.93. The van der Waals surface area contributed by atoms with Gasteiger partial charge in [-0.2, -0.15) is 0 Å². The number of likely N-dealkylation sites (tertiary alicyclic amines) is 1. The van der Waals surface area contributed by atoms with E-state index in [0.29, 0.717) is 19.0 Å². The highest BCUT2D eigenvalue weighted by Crippen LogP contribution is 2.19. The van der Waals surface area contributed by atoms with Crippen LogP contribution in [0.4, 0.5) is 0 Å². The zero-order valence-electron chi connectivity index (χ0n) is 10.8. The SMILES string of the molecule is CC(C)CN1CC(C(=O)NC(C)CO)CC1=O. The van der Waals surface area contributed by atoms with Crippen molar-refractivity contribution in [2.24, 2.45) is 11.8 Å². The molecule has 2 atom stereocenters. The average Bonchev–Trinajstić information content (AvgIpc) is 2.59. The van der Waals surface area contributed by atoms with E-state index in [2.05, 4.69) is 19.2 Å². The smallest absolute Gasteiger partial charge is 0.225 e. The molecule has 5 nitrogen and oxygen atoms in total. The number of aliphatic hydroxyl groups is 1. The third-order valence-corrected chi connectivity index (χ3v) is 2.83. The summed E-state index contributed by atoms with van der Waals surface area (Å²) in [6, 6.07) is -0.253. The van der Waals surface area contributed by atoms with Crippen LogP contribution in [0, 0.1) is 11.8 Å². The molecule has 0 radical (unpaired) electrons. The lowest BCUT2D eigenvalue weighted by Gasteiger charge is -2.19. The third-order valence-electron chi connectivity index (χ3n) is 2.83. The Kier molecular flexibility index (Phi) is 4.93. The molecule has 0 spiro atoms. The molecule has 1 aliphatic heterocycles. The highest BCUT2D eigenvalue weighted by atomic mass is 16.3. The van der Waals surface area contributed by atoms with Crippen molar-refractivity contribution in [3.63, 3.8) is 0 Å². The molecule has 5 heteroatoms. The van der Waals surface area contributed by atoms with E-state index in [1.54, 1.807) is 11.8 Å². The van der Waals surface area contributed by atoms with Crippen LogP contribution in [0.25, 0.3) is 0 Å². The second kappa shape index (κ2) is 6.00. The van der Waals surface area contributed by atoms with Gasteiger partial charge in [-0.3, -0.25) is 9.59 Å². The van der Waals surface area contributed by atoms with E-state index >= 15 is 0 Å². The summed E-state index contributed by atoms with van der Waals surface area (Å²) in [5, 5.41) is 11.6. The largest absolute Gasteiger partial charge is 0.394 e. The van der Waals surface area contributed by atoms with Gasteiger partial charge in [0.2, 0.25) is 11.8 Å². The first kappa shape index (κ1) is 14.0. The molecule has 0 saturated carbocycles. The highest BCUT2D eigenvalue weighted by molar-refractivity contribution is 5.89. The van der Waals surface area contributed by atoms with E-state index in [1.165, 1.54) is 0 Å². The molecule has 1 rings (SSSR count). The van der Waals surface area contributed by atoms with Crippen molar-refractivity contribution < 1.29 is 14.7 Å². The Bertz CT molecular complexity index is 291. The van der Waals surface area contributed by atoms with Gasteiger partial charge in [0, 0.05) is 25.6 Å². The molecule has 0 aromatic rings. The van der Waals surface area contributed by atoms with E-state index in [1.807, 2.05) is 0 Å². The van der Waals surface area contributed by atoms with Crippen molar-refractivity contribution in [1.82, 2.24) is 10.2 Å². The van der Waals surface area contributed by atoms with E-state index in [0.717, 1.165) is 0 Å². The lowest BCUT2D eigenvalue weighted by atomic mass is 10.1. The van der Waals surface area contributed by atoms with Crippen LogP contribution in [0.15, 0.2) is 0 Å². The number of nitrogens with one attached hydrogen (secondary N) is 1. The fourth-order valence-corrected chi connectivity index (χ4v) is 1.97. The highest BCUT2D eigenvalue weighted by Gasteiger charge is 2.34. The van der Waals surface area contributed by atoms with Gasteiger partial charge in [0.25, 0.3) is 0 Å². The Morgan fingerprint density at radius 3 is 2.71 bits per heavy atom. The van der Waals surface area contributed by atoms with Crippen LogP contribution in [0.2, 0.25) is 0 Å². The quantitative estimate of drug-likeness (QED) is 0.712. The van der Waals surface area contributed by atoms with Gasteiger partial charge in [0.15, 0.2) is 0 Å². The summed E-state index contributed by atoms with van der Waals surface area (Å²) in [5.74, 6) is 0.0639. The molecule has 0 bridgehead atoms. The summed E-state index contributed by atoms with van der Waals surface area (Å²) in [7, 11) is 0. The Balaban J connectivity index is 2.47. The summed E-state index contributed by atoms with van der Waals surface area (Å²) in [4.78, 5) is 25.2. The van der Waals surface area contributed by atoms with Crippen molar-refractivity contribution in [3.05, 3.63) is 0 Å². The lowest BCUT2D eigenvalue weighted by Crippen LogP contribution is -2.40. The maximum absolute atomic E-state index is 11.8. The first-order valence-corrected chi connectivity index (χ1v) is 6.13. The molecular weight excluding hydrogens is 220 g/mol. The van der Waals surface area contributed by atoms with Gasteiger partial charge in [0.05, 0.1) is 12.5 Å². The summed E-state index contributed by atoms with van der Waals surface area (Å²) < 4.78 is 0. The number of carbonyl (C=O) groups is 2. The molecular formula is C12H22N2O3. The number of amides is 2. The zero-order chi connectivity index (χ0) is 13.0. The van der Waals surface area contributed by atoms with Crippen molar-refractivity contribution in [2.75, 3.05) is 19.7 Å². The van der Waals surface area contributed by atoms with E-state index in [4.69, 9.17) is 5.11 Å². The van der Waals surface area contributed by atoms with Gasteiger partial charge in [-0.1, -0.05) is 13.8 Å². The molecule has 1 saturated heterocycles. The minimum absolute atomic E-state index is 0.0514. The van der Waals surface area contributed by atoms with E-state index in [-0.39, 0.29) is 36.8 Å². The van der Waals surface area contributed by atoms with Crippen LogP contribution in [0.3, 0.4) is 0 Å². The Morgan fingerprint density at radius 1 is 1.53 bits per heavy atom. The Morgan fingerprint density at radius 2 is 2.18 bits per heavy atom. The molecule has 0 aromatic carbocycles. The maximum Gasteiger partial charge on any atom is 0.225 e. The second-order valence-electron chi connectivity index (χ2n) is 5.19. The number of carbonyl (C=O) groups excluding carboxylic acids is 2. The molecule has 2 amide bonds. The van der Waals surface area contributed by atoms with Crippen LogP contribution < -0.4 is 5.32 Å². The van der Waals surface area contributed by atoms with Crippen molar-refractivity contribution >= 4 is 11.8 Å². The number of aliphatic hydroxyl groups excluding tert-OH is 1. The van der Waals surface area contributed by atoms with Gasteiger partial charge < -0.3 is 15.3 Å². The van der Waals surface area contributed by atoms with Crippen LogP contribution >= 0.6 is 0 Å². The number of hydrogen-bond acceptors (Lipinski definition) is 3. The predicted molar refractivity (Wildman–Crippen MR) is 64.2 cm³/mol. The molecule has 1 aliphatic rings. The van der Waals surface area contributed by atoms with Gasteiger partial charge in [-0.05, 0) is 12.8 Å². The summed E-state index contributed by atoms with van der Waals surface area (Å²) in [5.41, 5.74) is 0. The van der Waals surface area contributed by atoms with Crippen LogP contribution in [-0.2, 0) is 9.59 Å². The molecule has 1 fully saturated rings. The standard InChI is InChI=1S/C12H22N2O3/c1-8(2)5-14-6-10(4-11(14)16)12(17)13-9(3)7-15/h8-10,15H,4-7H2,1-3H3,(H,13,17). The number of nitrogens with zero attached hydrogens (tertiary/aromatic N) is 1. The number of rotatable bonds is 5. The van der Waals surface area contributed by atoms with Crippen LogP contribution in [-0.4, -0.2) is 47.6 Å². The fourth-order valence-electron chi connectivity index (χ4n) is 1.97. The molecule has 98 valence electrons. The van der Waals surface area contributed by atoms with Gasteiger partial charge in [-0.25, -0.2) is 0 Å². The molecule has 2 unspecified atom stereocenters. The maximum atomic E-state index is 11.8. The van der Waals surface area contributed by atoms with E-state index in [9.17, 15) is 9.59 Å². The van der Waals surface area contributed by atoms with Crippen molar-refractivity contribution in [3.8, 4) is 0 Å². The van der Waals surface area contributed by atoms with Gasteiger partial charge in [-0.15, -0.1) is 0 Å². The Labute approximate surface area is 102 Å². The van der Waals surface area contributed by atoms with Gasteiger partial charge in [0.1, 0.15) is 0 Å². The minimum Gasteiger partial charge on any atom is -0.394 e. The van der Waals surface area contributed by atoms with Gasteiger partial charge >= 0.3 is 0 Å². The second-order valence-corrected chi connectivity index (χ2v) is 5.19. The fraction of sp³-hybridized carbons (Fsp3) is 0.833. The van der Waals surface area contributed by atoms with Crippen LogP contribution in [0.1, 0.15) is 27.2 Å². The summed E-state index contributed by atoms with van der Waals surface area (Å²) in [6.45, 7) is 6.96. The third kappa shape index (κ3) is 4.00. The van der Waals surface area contributed by atoms with Crippen molar-refractivity contribution in [2.45, 2.75) is 33.2 Å². The minimum atomic E-state index is -0.268. The average molecular weight is 242 g/mol. The molecule has 0 aliphatic carbocycles. The zero-order valence-corrected chi connectivity index (χ0v) is 10.8. The molecule has 1 heterocycles. The topological polar surface area (TPSA) is 69.6 Å². The van der Waals surface area contributed by atoms with E-state index < -0.39 is 0 Å². The predicted octanol–water partition coefficient (Wildman–Crippen LogP) is -0.0121. The lowest BCUT2D eigenvalue weighted by molar-refractivity contribution is -0.129. The summed E-state index contributed by atoms with van der Waals surface area (Å²) in [6.07, 6.45) is 0.288. The first-order valence-electron chi connectivity index (χ1n) is 6.13. The summed E-state index contributed by atoms with van der Waals surface area (Å²) >= 11 is 0. The monoisotopic (exact) mass is 242 g/mol.